The number of amides is 1. The highest BCUT2D eigenvalue weighted by molar-refractivity contribution is 6.51. The SMILES string of the molecule is COc1ccc(C2C(=C(O)c3ccc(Cl)cc3)C(=O)C(=O)N2c2ccc(C)cc2)cc1OC. The van der Waals surface area contributed by atoms with Gasteiger partial charge < -0.3 is 14.6 Å². The molecule has 1 fully saturated rings. The molecule has 0 aromatic heterocycles. The Balaban J connectivity index is 1.96. The first kappa shape index (κ1) is 22.4. The number of Topliss-reactive ketones (excluding diaryl/α,β-unsaturated/α-hetero) is 1. The standard InChI is InChI=1S/C26H22ClNO5/c1-15-4-11-19(12-5-15)28-23(17-8-13-20(32-2)21(14-17)33-3)22(25(30)26(28)31)24(29)16-6-9-18(27)10-7-16/h4-14,23,29H,1-3H3. The molecule has 6 nitrogen and oxygen atoms in total. The van der Waals surface area contributed by atoms with Gasteiger partial charge in [-0.1, -0.05) is 35.4 Å². The van der Waals surface area contributed by atoms with Crippen LogP contribution >= 0.6 is 11.6 Å². The summed E-state index contributed by atoms with van der Waals surface area (Å²) in [5, 5.41) is 11.6. The number of hydrogen-bond donors (Lipinski definition) is 1. The van der Waals surface area contributed by atoms with E-state index < -0.39 is 17.7 Å². The number of ketones is 1. The molecule has 1 unspecified atom stereocenters. The largest absolute Gasteiger partial charge is 0.507 e. The van der Waals surface area contributed by atoms with Crippen LogP contribution in [-0.2, 0) is 9.59 Å². The van der Waals surface area contributed by atoms with Crippen LogP contribution in [0.1, 0.15) is 22.7 Å². The van der Waals surface area contributed by atoms with Gasteiger partial charge in [-0.25, -0.2) is 0 Å². The van der Waals surface area contributed by atoms with Gasteiger partial charge in [0.15, 0.2) is 11.5 Å². The first-order valence-electron chi connectivity index (χ1n) is 10.2. The molecule has 1 saturated heterocycles. The van der Waals surface area contributed by atoms with Crippen LogP contribution < -0.4 is 14.4 Å². The van der Waals surface area contributed by atoms with E-state index in [4.69, 9.17) is 21.1 Å². The van der Waals surface area contributed by atoms with Crippen molar-refractivity contribution in [3.63, 3.8) is 0 Å². The van der Waals surface area contributed by atoms with E-state index in [0.717, 1.165) is 5.56 Å². The van der Waals surface area contributed by atoms with Crippen LogP contribution in [0.25, 0.3) is 5.76 Å². The zero-order valence-electron chi connectivity index (χ0n) is 18.3. The molecular weight excluding hydrogens is 442 g/mol. The Morgan fingerprint density at radius 2 is 1.55 bits per heavy atom. The predicted octanol–water partition coefficient (Wildman–Crippen LogP) is 5.29. The lowest BCUT2D eigenvalue weighted by Gasteiger charge is -2.26. The Labute approximate surface area is 196 Å². The molecule has 1 aliphatic heterocycles. The molecule has 3 aromatic carbocycles. The molecule has 0 saturated carbocycles. The molecule has 1 aliphatic rings. The molecule has 0 spiro atoms. The van der Waals surface area contributed by atoms with E-state index in [1.807, 2.05) is 19.1 Å². The molecule has 1 heterocycles. The van der Waals surface area contributed by atoms with E-state index in [1.54, 1.807) is 54.6 Å². The van der Waals surface area contributed by atoms with Crippen molar-refractivity contribution in [1.29, 1.82) is 0 Å². The number of ether oxygens (including phenoxy) is 2. The van der Waals surface area contributed by atoms with Crippen LogP contribution in [0.5, 0.6) is 11.5 Å². The van der Waals surface area contributed by atoms with Crippen LogP contribution in [0, 0.1) is 6.92 Å². The molecule has 4 rings (SSSR count). The van der Waals surface area contributed by atoms with Crippen molar-refractivity contribution in [2.24, 2.45) is 0 Å². The highest BCUT2D eigenvalue weighted by Gasteiger charge is 2.47. The maximum atomic E-state index is 13.2. The molecule has 1 N–H and O–H groups in total. The normalized spacial score (nSPS) is 17.3. The zero-order chi connectivity index (χ0) is 23.7. The van der Waals surface area contributed by atoms with Crippen molar-refractivity contribution in [2.75, 3.05) is 19.1 Å². The highest BCUT2D eigenvalue weighted by atomic mass is 35.5. The second-order valence-electron chi connectivity index (χ2n) is 7.63. The Bertz CT molecular complexity index is 1250. The third-order valence-electron chi connectivity index (χ3n) is 5.60. The summed E-state index contributed by atoms with van der Waals surface area (Å²) in [6.45, 7) is 1.93. The van der Waals surface area contributed by atoms with Crippen molar-refractivity contribution < 1.29 is 24.2 Å². The number of carbonyl (C=O) groups is 2. The summed E-state index contributed by atoms with van der Waals surface area (Å²) in [6.07, 6.45) is 0. The molecule has 0 radical (unpaired) electrons. The molecule has 0 bridgehead atoms. The molecule has 0 aliphatic carbocycles. The smallest absolute Gasteiger partial charge is 0.300 e. The van der Waals surface area contributed by atoms with E-state index in [-0.39, 0.29) is 11.3 Å². The van der Waals surface area contributed by atoms with Gasteiger partial charge >= 0.3 is 0 Å². The fraction of sp³-hybridized carbons (Fsp3) is 0.154. The monoisotopic (exact) mass is 463 g/mol. The third kappa shape index (κ3) is 4.05. The number of carbonyl (C=O) groups excluding carboxylic acids is 2. The molecule has 1 atom stereocenters. The van der Waals surface area contributed by atoms with E-state index >= 15 is 0 Å². The van der Waals surface area contributed by atoms with Crippen molar-refractivity contribution in [2.45, 2.75) is 13.0 Å². The lowest BCUT2D eigenvalue weighted by atomic mass is 9.94. The number of anilines is 1. The fourth-order valence-electron chi connectivity index (χ4n) is 3.91. The van der Waals surface area contributed by atoms with Crippen LogP contribution in [-0.4, -0.2) is 31.0 Å². The maximum Gasteiger partial charge on any atom is 0.300 e. The van der Waals surface area contributed by atoms with Gasteiger partial charge in [-0.05, 0) is 61.0 Å². The van der Waals surface area contributed by atoms with E-state index in [2.05, 4.69) is 0 Å². The van der Waals surface area contributed by atoms with Crippen LogP contribution in [0.4, 0.5) is 5.69 Å². The fourth-order valence-corrected chi connectivity index (χ4v) is 4.03. The second-order valence-corrected chi connectivity index (χ2v) is 8.06. The minimum atomic E-state index is -0.872. The van der Waals surface area contributed by atoms with Gasteiger partial charge in [-0.15, -0.1) is 0 Å². The van der Waals surface area contributed by atoms with Crippen LogP contribution in [0.2, 0.25) is 5.02 Å². The van der Waals surface area contributed by atoms with E-state index in [0.29, 0.717) is 33.3 Å². The van der Waals surface area contributed by atoms with Gasteiger partial charge in [-0.2, -0.15) is 0 Å². The molecule has 3 aromatic rings. The topological polar surface area (TPSA) is 76.1 Å². The Hall–Kier alpha value is -3.77. The van der Waals surface area contributed by atoms with Crippen molar-refractivity contribution in [3.05, 3.63) is 94.0 Å². The number of rotatable bonds is 5. The third-order valence-corrected chi connectivity index (χ3v) is 5.85. The number of methoxy groups -OCH3 is 2. The van der Waals surface area contributed by atoms with Crippen LogP contribution in [0.3, 0.4) is 0 Å². The van der Waals surface area contributed by atoms with Crippen molar-refractivity contribution in [3.8, 4) is 11.5 Å². The Kier molecular flexibility index (Phi) is 6.11. The minimum Gasteiger partial charge on any atom is -0.507 e. The molecule has 168 valence electrons. The van der Waals surface area contributed by atoms with E-state index in [1.165, 1.54) is 19.1 Å². The highest BCUT2D eigenvalue weighted by Crippen LogP contribution is 2.44. The molecule has 1 amide bonds. The number of hydrogen-bond acceptors (Lipinski definition) is 5. The summed E-state index contributed by atoms with van der Waals surface area (Å²) in [6, 6.07) is 18.0. The van der Waals surface area contributed by atoms with Gasteiger partial charge in [-0.3, -0.25) is 14.5 Å². The summed E-state index contributed by atoms with van der Waals surface area (Å²) in [5.41, 5.74) is 2.50. The number of aliphatic hydroxyl groups excluding tert-OH is 1. The summed E-state index contributed by atoms with van der Waals surface area (Å²) >= 11 is 5.98. The summed E-state index contributed by atoms with van der Waals surface area (Å²) in [4.78, 5) is 27.8. The number of aryl methyl sites for hydroxylation is 1. The Morgan fingerprint density at radius 1 is 0.909 bits per heavy atom. The van der Waals surface area contributed by atoms with Crippen LogP contribution in [0.15, 0.2) is 72.3 Å². The van der Waals surface area contributed by atoms with Crippen molar-refractivity contribution >= 4 is 34.7 Å². The lowest BCUT2D eigenvalue weighted by Crippen LogP contribution is -2.29. The van der Waals surface area contributed by atoms with Gasteiger partial charge in [0.1, 0.15) is 5.76 Å². The predicted molar refractivity (Wildman–Crippen MR) is 127 cm³/mol. The summed E-state index contributed by atoms with van der Waals surface area (Å²) in [5.74, 6) is -0.835. The maximum absolute atomic E-state index is 13.2. The first-order chi connectivity index (χ1) is 15.8. The van der Waals surface area contributed by atoms with E-state index in [9.17, 15) is 14.7 Å². The average molecular weight is 464 g/mol. The van der Waals surface area contributed by atoms with Crippen molar-refractivity contribution in [1.82, 2.24) is 0 Å². The van der Waals surface area contributed by atoms with Gasteiger partial charge in [0, 0.05) is 16.3 Å². The van der Waals surface area contributed by atoms with Gasteiger partial charge in [0.05, 0.1) is 25.8 Å². The molecular formula is C26H22ClNO5. The number of aliphatic hydroxyl groups is 1. The second kappa shape index (κ2) is 9.00. The number of halogens is 1. The summed E-state index contributed by atoms with van der Waals surface area (Å²) < 4.78 is 10.8. The zero-order valence-corrected chi connectivity index (χ0v) is 19.1. The summed E-state index contributed by atoms with van der Waals surface area (Å²) in [7, 11) is 3.03. The quantitative estimate of drug-likeness (QED) is 0.316. The number of benzene rings is 3. The molecule has 33 heavy (non-hydrogen) atoms. The molecule has 7 heteroatoms. The van der Waals surface area contributed by atoms with Gasteiger partial charge in [0.25, 0.3) is 11.7 Å². The first-order valence-corrected chi connectivity index (χ1v) is 10.6. The van der Waals surface area contributed by atoms with Gasteiger partial charge in [0.2, 0.25) is 0 Å². The lowest BCUT2D eigenvalue weighted by molar-refractivity contribution is -0.132. The average Bonchev–Trinajstić information content (AvgIpc) is 3.09. The minimum absolute atomic E-state index is 0.0184. The Morgan fingerprint density at radius 3 is 2.15 bits per heavy atom. The number of nitrogens with zero attached hydrogens (tertiary/aromatic N) is 1.